The van der Waals surface area contributed by atoms with Crippen LogP contribution in [0.1, 0.15) is 12.6 Å². The third kappa shape index (κ3) is 3.59. The summed E-state index contributed by atoms with van der Waals surface area (Å²) in [6.07, 6.45) is -0.474. The van der Waals surface area contributed by atoms with Crippen LogP contribution in [-0.2, 0) is 4.79 Å². The fourth-order valence-electron chi connectivity index (χ4n) is 1.01. The van der Waals surface area contributed by atoms with Crippen LogP contribution >= 0.6 is 0 Å². The smallest absolute Gasteiger partial charge is 0.287 e. The lowest BCUT2D eigenvalue weighted by Gasteiger charge is -2.12. The van der Waals surface area contributed by atoms with Gasteiger partial charge in [0, 0.05) is 0 Å². The standard InChI is InChI=1S/C8H13N5O5/c1-4(2-10-5(15)3-14)17-8-6(7(9)11-16)12-18-13-8/h4,14,16H,2-3H2,1H3,(H2,9,11)(H,10,15)/t4-/m0/s1. The van der Waals surface area contributed by atoms with E-state index in [9.17, 15) is 4.79 Å². The van der Waals surface area contributed by atoms with E-state index < -0.39 is 18.6 Å². The van der Waals surface area contributed by atoms with Gasteiger partial charge in [-0.2, -0.15) is 0 Å². The number of hydrogen-bond donors (Lipinski definition) is 4. The number of amides is 1. The van der Waals surface area contributed by atoms with Gasteiger partial charge in [0.25, 0.3) is 5.88 Å². The molecule has 0 aliphatic rings. The second kappa shape index (κ2) is 6.39. The van der Waals surface area contributed by atoms with Crippen LogP contribution in [0.3, 0.4) is 0 Å². The zero-order chi connectivity index (χ0) is 13.5. The molecule has 10 heteroatoms. The van der Waals surface area contributed by atoms with Crippen molar-refractivity contribution in [3.63, 3.8) is 0 Å². The molecule has 0 fully saturated rings. The van der Waals surface area contributed by atoms with Crippen molar-refractivity contribution in [3.8, 4) is 5.88 Å². The number of ether oxygens (including phenoxy) is 1. The number of oxime groups is 1. The van der Waals surface area contributed by atoms with Gasteiger partial charge in [0.2, 0.25) is 11.6 Å². The number of aliphatic hydroxyl groups is 1. The number of aliphatic hydroxyl groups excluding tert-OH is 1. The van der Waals surface area contributed by atoms with Gasteiger partial charge >= 0.3 is 0 Å². The van der Waals surface area contributed by atoms with E-state index in [4.69, 9.17) is 20.8 Å². The van der Waals surface area contributed by atoms with Gasteiger partial charge in [-0.15, -0.1) is 0 Å². The highest BCUT2D eigenvalue weighted by Crippen LogP contribution is 2.13. The Balaban J connectivity index is 2.57. The Bertz CT molecular complexity index is 431. The minimum atomic E-state index is -0.604. The SMILES string of the molecule is C[C@@H](CNC(=O)CO)Oc1nonc1/C(N)=N/O. The van der Waals surface area contributed by atoms with E-state index in [0.717, 1.165) is 0 Å². The summed E-state index contributed by atoms with van der Waals surface area (Å²) >= 11 is 0. The van der Waals surface area contributed by atoms with Crippen LogP contribution in [-0.4, -0.2) is 51.6 Å². The van der Waals surface area contributed by atoms with Crippen LogP contribution in [0, 0.1) is 0 Å². The van der Waals surface area contributed by atoms with Crippen molar-refractivity contribution in [2.75, 3.05) is 13.2 Å². The summed E-state index contributed by atoms with van der Waals surface area (Å²) in [6, 6.07) is 0. The fourth-order valence-corrected chi connectivity index (χ4v) is 1.01. The molecule has 0 saturated carbocycles. The van der Waals surface area contributed by atoms with Crippen LogP contribution in [0.15, 0.2) is 9.78 Å². The molecular weight excluding hydrogens is 246 g/mol. The van der Waals surface area contributed by atoms with E-state index in [1.54, 1.807) is 6.92 Å². The summed E-state index contributed by atoms with van der Waals surface area (Å²) in [5, 5.41) is 29.0. The normalized spacial score (nSPS) is 13.1. The molecule has 0 unspecified atom stereocenters. The number of nitrogens with two attached hydrogens (primary N) is 1. The first-order valence-electron chi connectivity index (χ1n) is 4.93. The minimum Gasteiger partial charge on any atom is -0.469 e. The maximum Gasteiger partial charge on any atom is 0.287 e. The molecule has 1 heterocycles. The van der Waals surface area contributed by atoms with Crippen molar-refractivity contribution in [2.24, 2.45) is 10.9 Å². The quantitative estimate of drug-likeness (QED) is 0.198. The third-order valence-corrected chi connectivity index (χ3v) is 1.85. The topological polar surface area (TPSA) is 156 Å². The molecule has 0 aliphatic carbocycles. The van der Waals surface area contributed by atoms with Crippen LogP contribution in [0.2, 0.25) is 0 Å². The molecule has 100 valence electrons. The van der Waals surface area contributed by atoms with E-state index in [1.807, 2.05) is 0 Å². The Kier molecular flexibility index (Phi) is 4.87. The molecule has 1 aromatic rings. The minimum absolute atomic E-state index is 0.0437. The number of rotatable bonds is 6. The molecule has 18 heavy (non-hydrogen) atoms. The van der Waals surface area contributed by atoms with Crippen molar-refractivity contribution in [3.05, 3.63) is 5.69 Å². The van der Waals surface area contributed by atoms with E-state index in [2.05, 4.69) is 25.4 Å². The predicted octanol–water partition coefficient (Wildman–Crippen LogP) is -1.96. The van der Waals surface area contributed by atoms with Gasteiger partial charge < -0.3 is 26.1 Å². The number of hydrogen-bond acceptors (Lipinski definition) is 8. The molecule has 5 N–H and O–H groups in total. The lowest BCUT2D eigenvalue weighted by Crippen LogP contribution is -2.35. The number of nitrogens with zero attached hydrogens (tertiary/aromatic N) is 3. The van der Waals surface area contributed by atoms with Gasteiger partial charge in [0.15, 0.2) is 5.84 Å². The third-order valence-electron chi connectivity index (χ3n) is 1.85. The van der Waals surface area contributed by atoms with Crippen molar-refractivity contribution < 1.29 is 24.5 Å². The Morgan fingerprint density at radius 3 is 3.00 bits per heavy atom. The van der Waals surface area contributed by atoms with Gasteiger partial charge in [-0.3, -0.25) is 4.79 Å². The van der Waals surface area contributed by atoms with Gasteiger partial charge in [0.05, 0.1) is 6.54 Å². The average molecular weight is 259 g/mol. The Labute approximate surface area is 101 Å². The van der Waals surface area contributed by atoms with Crippen molar-refractivity contribution in [1.82, 2.24) is 15.6 Å². The molecule has 0 aromatic carbocycles. The molecule has 0 aliphatic heterocycles. The highest BCUT2D eigenvalue weighted by atomic mass is 16.6. The average Bonchev–Trinajstić information content (AvgIpc) is 2.82. The van der Waals surface area contributed by atoms with E-state index >= 15 is 0 Å². The number of nitrogens with one attached hydrogen (secondary N) is 1. The monoisotopic (exact) mass is 259 g/mol. The maximum atomic E-state index is 10.8. The summed E-state index contributed by atoms with van der Waals surface area (Å²) in [5.74, 6) is -0.894. The summed E-state index contributed by atoms with van der Waals surface area (Å²) in [6.45, 7) is 1.18. The van der Waals surface area contributed by atoms with Gasteiger partial charge in [-0.1, -0.05) is 5.16 Å². The van der Waals surface area contributed by atoms with Gasteiger partial charge in [-0.05, 0) is 17.2 Å². The molecule has 1 amide bonds. The highest BCUT2D eigenvalue weighted by molar-refractivity contribution is 5.96. The predicted molar refractivity (Wildman–Crippen MR) is 57.0 cm³/mol. The molecule has 0 radical (unpaired) electrons. The lowest BCUT2D eigenvalue weighted by atomic mass is 10.3. The summed E-state index contributed by atoms with van der Waals surface area (Å²) in [7, 11) is 0. The Morgan fingerprint density at radius 1 is 1.67 bits per heavy atom. The molecule has 10 nitrogen and oxygen atoms in total. The van der Waals surface area contributed by atoms with Crippen LogP contribution in [0.25, 0.3) is 0 Å². The summed E-state index contributed by atoms with van der Waals surface area (Å²) < 4.78 is 9.66. The van der Waals surface area contributed by atoms with E-state index in [-0.39, 0.29) is 24.0 Å². The number of aromatic nitrogens is 2. The molecule has 1 rings (SSSR count). The zero-order valence-electron chi connectivity index (χ0n) is 9.53. The second-order valence-electron chi connectivity index (χ2n) is 3.29. The summed E-state index contributed by atoms with van der Waals surface area (Å²) in [4.78, 5) is 10.8. The molecule has 1 atom stereocenters. The lowest BCUT2D eigenvalue weighted by molar-refractivity contribution is -0.124. The molecule has 0 saturated heterocycles. The molecule has 0 bridgehead atoms. The Hall–Kier alpha value is -2.36. The van der Waals surface area contributed by atoms with Crippen molar-refractivity contribution in [1.29, 1.82) is 0 Å². The zero-order valence-corrected chi connectivity index (χ0v) is 9.53. The fraction of sp³-hybridized carbons (Fsp3) is 0.500. The second-order valence-corrected chi connectivity index (χ2v) is 3.29. The van der Waals surface area contributed by atoms with Crippen molar-refractivity contribution >= 4 is 11.7 Å². The molecule has 0 spiro atoms. The first kappa shape index (κ1) is 13.7. The first-order chi connectivity index (χ1) is 8.58. The number of amidine groups is 1. The molecule has 1 aromatic heterocycles. The van der Waals surface area contributed by atoms with Crippen molar-refractivity contribution in [2.45, 2.75) is 13.0 Å². The van der Waals surface area contributed by atoms with Crippen LogP contribution < -0.4 is 15.8 Å². The molecular formula is C8H13N5O5. The highest BCUT2D eigenvalue weighted by Gasteiger charge is 2.18. The maximum absolute atomic E-state index is 10.8. The largest absolute Gasteiger partial charge is 0.469 e. The Morgan fingerprint density at radius 2 is 2.39 bits per heavy atom. The number of carbonyl (C=O) groups is 1. The van der Waals surface area contributed by atoms with Gasteiger partial charge in [-0.25, -0.2) is 4.63 Å². The van der Waals surface area contributed by atoms with Crippen LogP contribution in [0.5, 0.6) is 5.88 Å². The first-order valence-corrected chi connectivity index (χ1v) is 4.93. The summed E-state index contributed by atoms with van der Waals surface area (Å²) in [5.41, 5.74) is 5.27. The van der Waals surface area contributed by atoms with Gasteiger partial charge in [0.1, 0.15) is 12.7 Å². The van der Waals surface area contributed by atoms with Crippen LogP contribution in [0.4, 0.5) is 0 Å². The van der Waals surface area contributed by atoms with E-state index in [1.165, 1.54) is 0 Å². The number of carbonyl (C=O) groups excluding carboxylic acids is 1. The van der Waals surface area contributed by atoms with E-state index in [0.29, 0.717) is 0 Å².